The van der Waals surface area contributed by atoms with Gasteiger partial charge in [-0.15, -0.1) is 0 Å². The van der Waals surface area contributed by atoms with E-state index < -0.39 is 17.6 Å². The Morgan fingerprint density at radius 3 is 2.48 bits per heavy atom. The van der Waals surface area contributed by atoms with E-state index in [2.05, 4.69) is 26.5 Å². The molecule has 3 amide bonds. The summed E-state index contributed by atoms with van der Waals surface area (Å²) in [7, 11) is 1.65. The molecule has 1 heterocycles. The first-order chi connectivity index (χ1) is 12.6. The van der Waals surface area contributed by atoms with Gasteiger partial charge >= 0.3 is 6.09 Å². The Balaban J connectivity index is 1.76. The van der Waals surface area contributed by atoms with Gasteiger partial charge < -0.3 is 15.4 Å². The fourth-order valence-electron chi connectivity index (χ4n) is 2.53. The molecule has 0 unspecified atom stereocenters. The molecule has 1 aliphatic rings. The first-order valence-electron chi connectivity index (χ1n) is 8.52. The van der Waals surface area contributed by atoms with E-state index >= 15 is 0 Å². The molecule has 10 heteroatoms. The molecule has 0 bridgehead atoms. The second kappa shape index (κ2) is 8.43. The highest BCUT2D eigenvalue weighted by molar-refractivity contribution is 6.29. The highest BCUT2D eigenvalue weighted by Gasteiger charge is 2.36. The number of carbonyl (C=O) groups excluding carboxylic acids is 3. The van der Waals surface area contributed by atoms with Crippen molar-refractivity contribution in [3.63, 3.8) is 0 Å². The lowest BCUT2D eigenvalue weighted by Gasteiger charge is -2.35. The normalized spacial score (nSPS) is 18.7. The Kier molecular flexibility index (Phi) is 6.48. The molecule has 1 aromatic heterocycles. The van der Waals surface area contributed by atoms with Crippen molar-refractivity contribution >= 4 is 35.2 Å². The Morgan fingerprint density at radius 1 is 1.22 bits per heavy atom. The van der Waals surface area contributed by atoms with E-state index in [4.69, 9.17) is 16.3 Å². The van der Waals surface area contributed by atoms with E-state index in [-0.39, 0.29) is 28.6 Å². The molecule has 0 radical (unpaired) electrons. The van der Waals surface area contributed by atoms with Crippen LogP contribution >= 0.6 is 11.6 Å². The molecule has 148 valence electrons. The summed E-state index contributed by atoms with van der Waals surface area (Å²) in [5.74, 6) is -1.13. The van der Waals surface area contributed by atoms with Crippen LogP contribution in [0.1, 0.15) is 44.0 Å². The van der Waals surface area contributed by atoms with Gasteiger partial charge in [0, 0.05) is 25.2 Å². The third-order valence-electron chi connectivity index (χ3n) is 3.91. The van der Waals surface area contributed by atoms with E-state index in [1.807, 2.05) is 0 Å². The predicted molar refractivity (Wildman–Crippen MR) is 100 cm³/mol. The van der Waals surface area contributed by atoms with Gasteiger partial charge in [-0.25, -0.2) is 9.78 Å². The summed E-state index contributed by atoms with van der Waals surface area (Å²) in [4.78, 5) is 39.8. The number of pyridine rings is 1. The number of nitrogens with zero attached hydrogens (tertiary/aromatic N) is 1. The maximum atomic E-state index is 12.2. The van der Waals surface area contributed by atoms with Crippen molar-refractivity contribution in [2.45, 2.75) is 45.3 Å². The van der Waals surface area contributed by atoms with Crippen LogP contribution in [0.4, 0.5) is 10.5 Å². The van der Waals surface area contributed by atoms with Crippen molar-refractivity contribution in [3.05, 3.63) is 23.0 Å². The van der Waals surface area contributed by atoms with E-state index in [0.29, 0.717) is 18.5 Å². The second-order valence-electron chi connectivity index (χ2n) is 7.26. The average Bonchev–Trinajstić information content (AvgIpc) is 2.53. The molecular formula is C17H24ClN5O4. The Bertz CT molecular complexity index is 729. The molecule has 1 fully saturated rings. The Hall–Kier alpha value is -2.55. The summed E-state index contributed by atoms with van der Waals surface area (Å²) in [5, 5.41) is 5.80. The predicted octanol–water partition coefficient (Wildman–Crippen LogP) is 1.84. The number of nitrogens with one attached hydrogen (secondary N) is 4. The highest BCUT2D eigenvalue weighted by Crippen LogP contribution is 2.27. The number of anilines is 1. The van der Waals surface area contributed by atoms with Crippen molar-refractivity contribution in [2.75, 3.05) is 12.4 Å². The molecule has 0 aromatic carbocycles. The fourth-order valence-corrected chi connectivity index (χ4v) is 2.69. The van der Waals surface area contributed by atoms with E-state index in [1.54, 1.807) is 27.8 Å². The Labute approximate surface area is 162 Å². The highest BCUT2D eigenvalue weighted by atomic mass is 35.5. The van der Waals surface area contributed by atoms with Crippen molar-refractivity contribution in [1.29, 1.82) is 0 Å². The lowest BCUT2D eigenvalue weighted by atomic mass is 9.80. The standard InChI is InChI=1S/C17H24ClN5O4/c1-17(2,3)27-16(26)21-10-5-9(6-10)14(24)22-23-15(25)11-8-20-13(18)7-12(11)19-4/h7-10H,5-6H2,1-4H3,(H,19,20)(H,21,26)(H,22,24)(H,23,25). The molecule has 1 saturated carbocycles. The number of carbonyl (C=O) groups is 3. The molecule has 0 saturated heterocycles. The van der Waals surface area contributed by atoms with Gasteiger partial charge in [-0.3, -0.25) is 20.4 Å². The van der Waals surface area contributed by atoms with Gasteiger partial charge in [0.05, 0.1) is 11.3 Å². The molecule has 2 rings (SSSR count). The zero-order chi connectivity index (χ0) is 20.2. The minimum Gasteiger partial charge on any atom is -0.444 e. The van der Waals surface area contributed by atoms with Gasteiger partial charge in [0.15, 0.2) is 0 Å². The quantitative estimate of drug-likeness (QED) is 0.454. The minimum atomic E-state index is -0.572. The van der Waals surface area contributed by atoms with Crippen molar-refractivity contribution < 1.29 is 19.1 Å². The minimum absolute atomic E-state index is 0.123. The van der Waals surface area contributed by atoms with Crippen LogP contribution in [-0.4, -0.2) is 41.6 Å². The molecule has 0 atom stereocenters. The van der Waals surface area contributed by atoms with Crippen LogP contribution in [0.15, 0.2) is 12.3 Å². The summed E-state index contributed by atoms with van der Waals surface area (Å²) in [6.45, 7) is 5.34. The van der Waals surface area contributed by atoms with Gasteiger partial charge in [-0.1, -0.05) is 11.6 Å². The van der Waals surface area contributed by atoms with Gasteiger partial charge in [0.25, 0.3) is 5.91 Å². The molecule has 0 aliphatic heterocycles. The fraction of sp³-hybridized carbons (Fsp3) is 0.529. The van der Waals surface area contributed by atoms with Crippen molar-refractivity contribution in [2.24, 2.45) is 5.92 Å². The first kappa shape index (κ1) is 20.8. The van der Waals surface area contributed by atoms with E-state index in [1.165, 1.54) is 12.3 Å². The number of hydrogen-bond acceptors (Lipinski definition) is 6. The Morgan fingerprint density at radius 2 is 1.89 bits per heavy atom. The van der Waals surface area contributed by atoms with Gasteiger partial charge in [-0.05, 0) is 39.7 Å². The molecule has 0 spiro atoms. The molecule has 9 nitrogen and oxygen atoms in total. The lowest BCUT2D eigenvalue weighted by molar-refractivity contribution is -0.129. The van der Waals surface area contributed by atoms with Crippen LogP contribution in [0.25, 0.3) is 0 Å². The third kappa shape index (κ3) is 5.99. The second-order valence-corrected chi connectivity index (χ2v) is 7.64. The van der Waals surface area contributed by atoms with Crippen molar-refractivity contribution in [1.82, 2.24) is 21.2 Å². The van der Waals surface area contributed by atoms with E-state index in [9.17, 15) is 14.4 Å². The van der Waals surface area contributed by atoms with Crippen LogP contribution in [0.2, 0.25) is 5.15 Å². The summed E-state index contributed by atoms with van der Waals surface area (Å²) >= 11 is 5.79. The number of hydrazine groups is 1. The number of aromatic nitrogens is 1. The van der Waals surface area contributed by atoms with Crippen LogP contribution < -0.4 is 21.5 Å². The van der Waals surface area contributed by atoms with Crippen LogP contribution in [0, 0.1) is 5.92 Å². The maximum absolute atomic E-state index is 12.2. The monoisotopic (exact) mass is 397 g/mol. The van der Waals surface area contributed by atoms with Gasteiger partial charge in [-0.2, -0.15) is 0 Å². The lowest BCUT2D eigenvalue weighted by Crippen LogP contribution is -2.53. The first-order valence-corrected chi connectivity index (χ1v) is 8.90. The zero-order valence-electron chi connectivity index (χ0n) is 15.7. The van der Waals surface area contributed by atoms with Crippen LogP contribution in [0.3, 0.4) is 0 Å². The average molecular weight is 398 g/mol. The number of ether oxygens (including phenoxy) is 1. The number of halogens is 1. The third-order valence-corrected chi connectivity index (χ3v) is 4.12. The van der Waals surface area contributed by atoms with Crippen LogP contribution in [0.5, 0.6) is 0 Å². The molecule has 27 heavy (non-hydrogen) atoms. The summed E-state index contributed by atoms with van der Waals surface area (Å²) < 4.78 is 5.17. The summed E-state index contributed by atoms with van der Waals surface area (Å²) in [6.07, 6.45) is 1.77. The molecular weight excluding hydrogens is 374 g/mol. The number of hydrogen-bond donors (Lipinski definition) is 4. The van der Waals surface area contributed by atoms with Crippen LogP contribution in [-0.2, 0) is 9.53 Å². The largest absolute Gasteiger partial charge is 0.444 e. The molecule has 1 aromatic rings. The van der Waals surface area contributed by atoms with Gasteiger partial charge in [0.2, 0.25) is 5.91 Å². The smallest absolute Gasteiger partial charge is 0.407 e. The maximum Gasteiger partial charge on any atom is 0.407 e. The zero-order valence-corrected chi connectivity index (χ0v) is 16.4. The summed E-state index contributed by atoms with van der Waals surface area (Å²) in [6, 6.07) is 1.39. The van der Waals surface area contributed by atoms with E-state index in [0.717, 1.165) is 0 Å². The molecule has 4 N–H and O–H groups in total. The molecule has 1 aliphatic carbocycles. The number of amides is 3. The van der Waals surface area contributed by atoms with Gasteiger partial charge in [0.1, 0.15) is 10.8 Å². The number of alkyl carbamates (subject to hydrolysis) is 1. The SMILES string of the molecule is CNc1cc(Cl)ncc1C(=O)NNC(=O)C1CC(NC(=O)OC(C)(C)C)C1. The summed E-state index contributed by atoms with van der Waals surface area (Å²) in [5.41, 5.74) is 4.92. The number of rotatable bonds is 4. The van der Waals surface area contributed by atoms with Crippen molar-refractivity contribution in [3.8, 4) is 0 Å². The topological polar surface area (TPSA) is 121 Å².